The van der Waals surface area contributed by atoms with Crippen LogP contribution in [0.1, 0.15) is 20.8 Å². The lowest BCUT2D eigenvalue weighted by Gasteiger charge is -2.05. The topological polar surface area (TPSA) is 53.1 Å². The van der Waals surface area contributed by atoms with Crippen LogP contribution in [0.5, 0.6) is 5.75 Å². The normalized spacial score (nSPS) is 10.9. The van der Waals surface area contributed by atoms with Gasteiger partial charge in [-0.1, -0.05) is 13.8 Å². The van der Waals surface area contributed by atoms with Crippen molar-refractivity contribution in [3.63, 3.8) is 0 Å². The van der Waals surface area contributed by atoms with Crippen molar-refractivity contribution in [3.05, 3.63) is 30.5 Å². The minimum Gasteiger partial charge on any atom is -0.494 e. The molecule has 1 aromatic carbocycles. The van der Waals surface area contributed by atoms with E-state index in [2.05, 4.69) is 18.9 Å². The van der Waals surface area contributed by atoms with E-state index in [-0.39, 0.29) is 0 Å². The summed E-state index contributed by atoms with van der Waals surface area (Å²) in [6, 6.07) is 7.87. The molecule has 0 bridgehead atoms. The van der Waals surface area contributed by atoms with Crippen LogP contribution in [0.4, 0.5) is 5.69 Å². The van der Waals surface area contributed by atoms with E-state index in [1.807, 2.05) is 42.1 Å². The zero-order valence-electron chi connectivity index (χ0n) is 11.8. The third kappa shape index (κ3) is 3.28. The summed E-state index contributed by atoms with van der Waals surface area (Å²) in [7, 11) is 0. The Kier molecular flexibility index (Phi) is 4.10. The molecule has 4 nitrogen and oxygen atoms in total. The molecule has 0 aliphatic rings. The second-order valence-electron chi connectivity index (χ2n) is 5.01. The average Bonchev–Trinajstić information content (AvgIpc) is 2.71. The molecule has 0 spiro atoms. The standard InChI is InChI=1S/C15H21N3O/c1-4-19-13-7-5-12(6-8-13)15-14(16)10-18(17-15)9-11(2)3/h5-8,10-11H,4,9,16H2,1-3H3. The molecule has 2 rings (SSSR count). The molecule has 0 saturated carbocycles. The number of ether oxygens (including phenoxy) is 1. The van der Waals surface area contributed by atoms with Gasteiger partial charge in [0.25, 0.3) is 0 Å². The maximum Gasteiger partial charge on any atom is 0.119 e. The first-order valence-corrected chi connectivity index (χ1v) is 6.66. The quantitative estimate of drug-likeness (QED) is 0.897. The number of benzene rings is 1. The number of nitrogen functional groups attached to an aromatic ring is 1. The van der Waals surface area contributed by atoms with Crippen molar-refractivity contribution in [2.24, 2.45) is 5.92 Å². The Hall–Kier alpha value is -1.97. The summed E-state index contributed by atoms with van der Waals surface area (Å²) >= 11 is 0. The second kappa shape index (κ2) is 5.78. The van der Waals surface area contributed by atoms with Gasteiger partial charge in [0, 0.05) is 18.3 Å². The van der Waals surface area contributed by atoms with E-state index in [0.717, 1.165) is 23.6 Å². The Labute approximate surface area is 114 Å². The van der Waals surface area contributed by atoms with Gasteiger partial charge in [0.1, 0.15) is 11.4 Å². The molecule has 0 amide bonds. The van der Waals surface area contributed by atoms with Crippen LogP contribution in [0, 0.1) is 5.92 Å². The van der Waals surface area contributed by atoms with Gasteiger partial charge in [-0.05, 0) is 37.1 Å². The molecular weight excluding hydrogens is 238 g/mol. The van der Waals surface area contributed by atoms with Gasteiger partial charge in [0.2, 0.25) is 0 Å². The largest absolute Gasteiger partial charge is 0.494 e. The van der Waals surface area contributed by atoms with Crippen molar-refractivity contribution < 1.29 is 4.74 Å². The zero-order chi connectivity index (χ0) is 13.8. The Morgan fingerprint density at radius 1 is 1.26 bits per heavy atom. The first kappa shape index (κ1) is 13.5. The maximum atomic E-state index is 6.03. The van der Waals surface area contributed by atoms with Gasteiger partial charge in [-0.25, -0.2) is 0 Å². The first-order chi connectivity index (χ1) is 9.10. The number of hydrogen-bond acceptors (Lipinski definition) is 3. The Bertz CT molecular complexity index is 529. The third-order valence-corrected chi connectivity index (χ3v) is 2.78. The molecule has 2 aromatic rings. The minimum absolute atomic E-state index is 0.549. The molecule has 0 aliphatic heterocycles. The minimum atomic E-state index is 0.549. The number of nitrogens with zero attached hydrogens (tertiary/aromatic N) is 2. The fraction of sp³-hybridized carbons (Fsp3) is 0.400. The Morgan fingerprint density at radius 2 is 1.95 bits per heavy atom. The number of hydrogen-bond donors (Lipinski definition) is 1. The number of anilines is 1. The van der Waals surface area contributed by atoms with Crippen LogP contribution in [0.25, 0.3) is 11.3 Å². The maximum absolute atomic E-state index is 6.03. The van der Waals surface area contributed by atoms with Crippen LogP contribution >= 0.6 is 0 Å². The predicted octanol–water partition coefficient (Wildman–Crippen LogP) is 3.19. The molecule has 0 fully saturated rings. The van der Waals surface area contributed by atoms with Crippen molar-refractivity contribution in [3.8, 4) is 17.0 Å². The third-order valence-electron chi connectivity index (χ3n) is 2.78. The number of nitrogens with two attached hydrogens (primary N) is 1. The molecular formula is C15H21N3O. The summed E-state index contributed by atoms with van der Waals surface area (Å²) in [4.78, 5) is 0. The summed E-state index contributed by atoms with van der Waals surface area (Å²) in [5, 5.41) is 4.55. The van der Waals surface area contributed by atoms with Gasteiger partial charge in [-0.2, -0.15) is 5.10 Å². The number of aromatic nitrogens is 2. The molecule has 4 heteroatoms. The Morgan fingerprint density at radius 3 is 2.53 bits per heavy atom. The highest BCUT2D eigenvalue weighted by Gasteiger charge is 2.09. The van der Waals surface area contributed by atoms with Crippen LogP contribution < -0.4 is 10.5 Å². The molecule has 19 heavy (non-hydrogen) atoms. The summed E-state index contributed by atoms with van der Waals surface area (Å²) in [6.07, 6.45) is 1.89. The fourth-order valence-electron chi connectivity index (χ4n) is 2.00. The first-order valence-electron chi connectivity index (χ1n) is 6.66. The summed E-state index contributed by atoms with van der Waals surface area (Å²) in [5.74, 6) is 1.42. The number of rotatable bonds is 5. The lowest BCUT2D eigenvalue weighted by molar-refractivity contribution is 0.340. The van der Waals surface area contributed by atoms with E-state index < -0.39 is 0 Å². The summed E-state index contributed by atoms with van der Waals surface area (Å²) in [5.41, 5.74) is 8.60. The van der Waals surface area contributed by atoms with Gasteiger partial charge in [-0.15, -0.1) is 0 Å². The van der Waals surface area contributed by atoms with Crippen LogP contribution in [-0.2, 0) is 6.54 Å². The molecule has 0 aliphatic carbocycles. The van der Waals surface area contributed by atoms with Gasteiger partial charge < -0.3 is 10.5 Å². The molecule has 0 radical (unpaired) electrons. The lowest BCUT2D eigenvalue weighted by Crippen LogP contribution is -2.04. The van der Waals surface area contributed by atoms with Crippen molar-refractivity contribution in [2.75, 3.05) is 12.3 Å². The van der Waals surface area contributed by atoms with Gasteiger partial charge in [0.15, 0.2) is 0 Å². The fourth-order valence-corrected chi connectivity index (χ4v) is 2.00. The van der Waals surface area contributed by atoms with Gasteiger partial charge in [-0.3, -0.25) is 4.68 Å². The predicted molar refractivity (Wildman–Crippen MR) is 78.1 cm³/mol. The van der Waals surface area contributed by atoms with Crippen molar-refractivity contribution in [1.29, 1.82) is 0 Å². The smallest absolute Gasteiger partial charge is 0.119 e. The molecule has 2 N–H and O–H groups in total. The van der Waals surface area contributed by atoms with Crippen LogP contribution in [0.2, 0.25) is 0 Å². The SMILES string of the molecule is CCOc1ccc(-c2nn(CC(C)C)cc2N)cc1. The highest BCUT2D eigenvalue weighted by atomic mass is 16.5. The van der Waals surface area contributed by atoms with Gasteiger partial charge >= 0.3 is 0 Å². The second-order valence-corrected chi connectivity index (χ2v) is 5.01. The molecule has 0 saturated heterocycles. The van der Waals surface area contributed by atoms with Crippen molar-refractivity contribution >= 4 is 5.69 Å². The molecule has 1 heterocycles. The molecule has 0 unspecified atom stereocenters. The lowest BCUT2D eigenvalue weighted by atomic mass is 10.1. The summed E-state index contributed by atoms with van der Waals surface area (Å²) in [6.45, 7) is 7.84. The van der Waals surface area contributed by atoms with Gasteiger partial charge in [0.05, 0.1) is 12.3 Å². The highest BCUT2D eigenvalue weighted by Crippen LogP contribution is 2.26. The van der Waals surface area contributed by atoms with Crippen LogP contribution in [-0.4, -0.2) is 16.4 Å². The van der Waals surface area contributed by atoms with E-state index >= 15 is 0 Å². The van der Waals surface area contributed by atoms with E-state index in [1.165, 1.54) is 0 Å². The molecule has 0 atom stereocenters. The van der Waals surface area contributed by atoms with E-state index in [4.69, 9.17) is 10.5 Å². The average molecular weight is 259 g/mol. The highest BCUT2D eigenvalue weighted by molar-refractivity contribution is 5.72. The molecule has 102 valence electrons. The van der Waals surface area contributed by atoms with E-state index in [0.29, 0.717) is 18.2 Å². The zero-order valence-corrected chi connectivity index (χ0v) is 11.8. The van der Waals surface area contributed by atoms with Crippen molar-refractivity contribution in [2.45, 2.75) is 27.3 Å². The van der Waals surface area contributed by atoms with E-state index in [9.17, 15) is 0 Å². The van der Waals surface area contributed by atoms with Crippen molar-refractivity contribution in [1.82, 2.24) is 9.78 Å². The van der Waals surface area contributed by atoms with Crippen LogP contribution in [0.3, 0.4) is 0 Å². The molecule has 1 aromatic heterocycles. The Balaban J connectivity index is 2.23. The van der Waals surface area contributed by atoms with E-state index in [1.54, 1.807) is 0 Å². The monoisotopic (exact) mass is 259 g/mol. The summed E-state index contributed by atoms with van der Waals surface area (Å²) < 4.78 is 7.34. The van der Waals surface area contributed by atoms with Crippen LogP contribution in [0.15, 0.2) is 30.5 Å².